The number of hydrogen-bond donors (Lipinski definition) is 1. The van der Waals surface area contributed by atoms with E-state index in [4.69, 9.17) is 4.74 Å². The van der Waals surface area contributed by atoms with Crippen molar-refractivity contribution < 1.29 is 9.53 Å². The number of rotatable bonds is 7. The smallest absolute Gasteiger partial charge is 0.251 e. The molecule has 28 heavy (non-hydrogen) atoms. The number of piperazine rings is 1. The maximum absolute atomic E-state index is 12.2. The standard InChI is InChI=1S/C23H29N3O2/c1-28-22-5-3-2-4-21(22)26-14-12-25(13-15-26)17-19-8-10-20(11-9-19)23(27)24-16-18-6-7-18/h2-5,8-11,18H,6-7,12-17H2,1H3,(H,24,27). The lowest BCUT2D eigenvalue weighted by Crippen LogP contribution is -2.46. The fraction of sp³-hybridized carbons (Fsp3) is 0.435. The van der Waals surface area contributed by atoms with E-state index < -0.39 is 0 Å². The van der Waals surface area contributed by atoms with Crippen molar-refractivity contribution in [3.63, 3.8) is 0 Å². The highest BCUT2D eigenvalue weighted by molar-refractivity contribution is 5.94. The average Bonchev–Trinajstić information content (AvgIpc) is 3.58. The number of para-hydroxylation sites is 2. The lowest BCUT2D eigenvalue weighted by molar-refractivity contribution is 0.0952. The Balaban J connectivity index is 1.28. The zero-order chi connectivity index (χ0) is 19.3. The number of hydrogen-bond acceptors (Lipinski definition) is 4. The summed E-state index contributed by atoms with van der Waals surface area (Å²) in [5.74, 6) is 1.69. The summed E-state index contributed by atoms with van der Waals surface area (Å²) < 4.78 is 5.50. The van der Waals surface area contributed by atoms with Crippen LogP contribution in [0.4, 0.5) is 5.69 Å². The molecule has 5 heteroatoms. The van der Waals surface area contributed by atoms with Crippen LogP contribution in [0.15, 0.2) is 48.5 Å². The number of carbonyl (C=O) groups excluding carboxylic acids is 1. The quantitative estimate of drug-likeness (QED) is 0.803. The molecule has 0 radical (unpaired) electrons. The van der Waals surface area contributed by atoms with Gasteiger partial charge in [-0.25, -0.2) is 0 Å². The van der Waals surface area contributed by atoms with Gasteiger partial charge in [-0.15, -0.1) is 0 Å². The second kappa shape index (κ2) is 8.65. The van der Waals surface area contributed by atoms with Crippen LogP contribution >= 0.6 is 0 Å². The zero-order valence-corrected chi connectivity index (χ0v) is 16.6. The minimum Gasteiger partial charge on any atom is -0.495 e. The minimum absolute atomic E-state index is 0.0453. The van der Waals surface area contributed by atoms with Gasteiger partial charge in [-0.05, 0) is 48.6 Å². The van der Waals surface area contributed by atoms with E-state index in [1.165, 1.54) is 24.1 Å². The van der Waals surface area contributed by atoms with Gasteiger partial charge in [0.1, 0.15) is 5.75 Å². The van der Waals surface area contributed by atoms with Gasteiger partial charge in [-0.3, -0.25) is 9.69 Å². The van der Waals surface area contributed by atoms with E-state index >= 15 is 0 Å². The van der Waals surface area contributed by atoms with E-state index in [9.17, 15) is 4.79 Å². The lowest BCUT2D eigenvalue weighted by atomic mass is 10.1. The largest absolute Gasteiger partial charge is 0.495 e. The number of ether oxygens (including phenoxy) is 1. The molecule has 0 aromatic heterocycles. The molecule has 0 unspecified atom stereocenters. The monoisotopic (exact) mass is 379 g/mol. The fourth-order valence-corrected chi connectivity index (χ4v) is 3.72. The maximum Gasteiger partial charge on any atom is 0.251 e. The van der Waals surface area contributed by atoms with Crippen LogP contribution in [0.1, 0.15) is 28.8 Å². The Hall–Kier alpha value is -2.53. The SMILES string of the molecule is COc1ccccc1N1CCN(Cc2ccc(C(=O)NCC3CC3)cc2)CC1. The van der Waals surface area contributed by atoms with E-state index in [-0.39, 0.29) is 5.91 Å². The highest BCUT2D eigenvalue weighted by Gasteiger charge is 2.22. The summed E-state index contributed by atoms with van der Waals surface area (Å²) in [6.07, 6.45) is 2.51. The van der Waals surface area contributed by atoms with Gasteiger partial charge in [0.05, 0.1) is 12.8 Å². The predicted molar refractivity (Wildman–Crippen MR) is 112 cm³/mol. The average molecular weight is 380 g/mol. The van der Waals surface area contributed by atoms with Crippen LogP contribution in [0.25, 0.3) is 0 Å². The molecular weight excluding hydrogens is 350 g/mol. The summed E-state index contributed by atoms with van der Waals surface area (Å²) in [7, 11) is 1.73. The summed E-state index contributed by atoms with van der Waals surface area (Å²) in [4.78, 5) is 17.0. The first-order chi connectivity index (χ1) is 13.7. The first-order valence-corrected chi connectivity index (χ1v) is 10.2. The molecule has 5 nitrogen and oxygen atoms in total. The Morgan fingerprint density at radius 1 is 1.04 bits per heavy atom. The van der Waals surface area contributed by atoms with Crippen LogP contribution in [0.3, 0.4) is 0 Å². The van der Waals surface area contributed by atoms with Gasteiger partial charge in [0.25, 0.3) is 5.91 Å². The van der Waals surface area contributed by atoms with E-state index in [2.05, 4.69) is 39.4 Å². The maximum atomic E-state index is 12.2. The fourth-order valence-electron chi connectivity index (χ4n) is 3.72. The van der Waals surface area contributed by atoms with Gasteiger partial charge in [0.2, 0.25) is 0 Å². The summed E-state index contributed by atoms with van der Waals surface area (Å²) in [5, 5.41) is 3.03. The van der Waals surface area contributed by atoms with E-state index in [0.717, 1.165) is 50.6 Å². The van der Waals surface area contributed by atoms with Crippen molar-refractivity contribution in [2.75, 3.05) is 44.7 Å². The molecule has 2 fully saturated rings. The van der Waals surface area contributed by atoms with Crippen molar-refractivity contribution in [1.82, 2.24) is 10.2 Å². The molecule has 1 aliphatic heterocycles. The second-order valence-electron chi connectivity index (χ2n) is 7.79. The highest BCUT2D eigenvalue weighted by Crippen LogP contribution is 2.29. The Morgan fingerprint density at radius 2 is 1.75 bits per heavy atom. The van der Waals surface area contributed by atoms with Gasteiger partial charge in [-0.2, -0.15) is 0 Å². The van der Waals surface area contributed by atoms with Crippen molar-refractivity contribution in [3.05, 3.63) is 59.7 Å². The third-order valence-corrected chi connectivity index (χ3v) is 5.67. The molecule has 2 aromatic carbocycles. The van der Waals surface area contributed by atoms with Crippen molar-refractivity contribution in [1.29, 1.82) is 0 Å². The number of benzene rings is 2. The molecule has 2 aliphatic rings. The third-order valence-electron chi connectivity index (χ3n) is 5.67. The summed E-state index contributed by atoms with van der Waals surface area (Å²) in [6, 6.07) is 16.3. The van der Waals surface area contributed by atoms with E-state index in [1.54, 1.807) is 7.11 Å². The van der Waals surface area contributed by atoms with Crippen LogP contribution in [0.5, 0.6) is 5.75 Å². The topological polar surface area (TPSA) is 44.8 Å². The molecule has 1 N–H and O–H groups in total. The number of carbonyl (C=O) groups is 1. The van der Waals surface area contributed by atoms with Crippen LogP contribution in [0.2, 0.25) is 0 Å². The first kappa shape index (κ1) is 18.8. The van der Waals surface area contributed by atoms with Crippen LogP contribution in [-0.4, -0.2) is 50.6 Å². The molecule has 1 aliphatic carbocycles. The third kappa shape index (κ3) is 4.65. The van der Waals surface area contributed by atoms with E-state index in [1.807, 2.05) is 24.3 Å². The van der Waals surface area contributed by atoms with E-state index in [0.29, 0.717) is 5.92 Å². The molecule has 0 spiro atoms. The van der Waals surface area contributed by atoms with Crippen molar-refractivity contribution >= 4 is 11.6 Å². The minimum atomic E-state index is 0.0453. The Labute approximate surface area is 167 Å². The predicted octanol–water partition coefficient (Wildman–Crippen LogP) is 3.16. The molecule has 1 amide bonds. The first-order valence-electron chi connectivity index (χ1n) is 10.2. The molecule has 1 heterocycles. The normalized spacial score (nSPS) is 17.4. The molecular formula is C23H29N3O2. The molecule has 0 bridgehead atoms. The van der Waals surface area contributed by atoms with Gasteiger partial charge >= 0.3 is 0 Å². The Kier molecular flexibility index (Phi) is 5.81. The molecule has 148 valence electrons. The summed E-state index contributed by atoms with van der Waals surface area (Å²) in [6.45, 7) is 5.74. The molecule has 4 rings (SSSR count). The molecule has 1 saturated heterocycles. The van der Waals surface area contributed by atoms with Gasteiger partial charge in [0, 0.05) is 44.8 Å². The van der Waals surface area contributed by atoms with Crippen LogP contribution < -0.4 is 15.0 Å². The summed E-state index contributed by atoms with van der Waals surface area (Å²) >= 11 is 0. The molecule has 1 saturated carbocycles. The number of anilines is 1. The summed E-state index contributed by atoms with van der Waals surface area (Å²) in [5.41, 5.74) is 3.18. The highest BCUT2D eigenvalue weighted by atomic mass is 16.5. The lowest BCUT2D eigenvalue weighted by Gasteiger charge is -2.36. The van der Waals surface area contributed by atoms with Gasteiger partial charge in [0.15, 0.2) is 0 Å². The number of methoxy groups -OCH3 is 1. The van der Waals surface area contributed by atoms with Gasteiger partial charge < -0.3 is 15.0 Å². The molecule has 2 aromatic rings. The van der Waals surface area contributed by atoms with Crippen LogP contribution in [0, 0.1) is 5.92 Å². The Morgan fingerprint density at radius 3 is 2.43 bits per heavy atom. The van der Waals surface area contributed by atoms with Crippen molar-refractivity contribution in [3.8, 4) is 5.75 Å². The number of amides is 1. The number of nitrogens with one attached hydrogen (secondary N) is 1. The number of nitrogens with zero attached hydrogens (tertiary/aromatic N) is 2. The van der Waals surface area contributed by atoms with Crippen molar-refractivity contribution in [2.24, 2.45) is 5.92 Å². The van der Waals surface area contributed by atoms with Crippen molar-refractivity contribution in [2.45, 2.75) is 19.4 Å². The zero-order valence-electron chi connectivity index (χ0n) is 16.6. The Bertz CT molecular complexity index is 794. The second-order valence-corrected chi connectivity index (χ2v) is 7.79. The molecule has 0 atom stereocenters. The van der Waals surface area contributed by atoms with Crippen LogP contribution in [-0.2, 0) is 6.54 Å². The van der Waals surface area contributed by atoms with Gasteiger partial charge in [-0.1, -0.05) is 24.3 Å².